The van der Waals surface area contributed by atoms with Gasteiger partial charge in [-0.25, -0.2) is 0 Å². The van der Waals surface area contributed by atoms with Crippen molar-refractivity contribution in [1.82, 2.24) is 15.2 Å². The Balaban J connectivity index is 1.92. The highest BCUT2D eigenvalue weighted by Gasteiger charge is 2.20. The number of aromatic nitrogens is 3. The molecule has 0 aliphatic heterocycles. The molecule has 0 saturated carbocycles. The molecule has 1 amide bonds. The number of carbonyl (C=O) groups excluding carboxylic acids is 1. The summed E-state index contributed by atoms with van der Waals surface area (Å²) < 4.78 is 0. The number of likely N-dealkylation sites (N-methyl/N-ethyl adjacent to an activating group) is 1. The van der Waals surface area contributed by atoms with Gasteiger partial charge in [-0.3, -0.25) is 9.89 Å². The smallest absolute Gasteiger partial charge is 0.255 e. The lowest BCUT2D eigenvalue weighted by Gasteiger charge is -2.20. The van der Waals surface area contributed by atoms with Crippen LogP contribution in [0, 0.1) is 12.3 Å². The first-order valence-electron chi connectivity index (χ1n) is 10.2. The van der Waals surface area contributed by atoms with E-state index in [4.69, 9.17) is 0 Å². The minimum atomic E-state index is -0.979. The molecule has 0 bridgehead atoms. The van der Waals surface area contributed by atoms with Crippen molar-refractivity contribution in [2.24, 2.45) is 5.41 Å². The molecule has 3 N–H and O–H groups in total. The van der Waals surface area contributed by atoms with Gasteiger partial charge in [0.25, 0.3) is 5.91 Å². The number of nitrogens with one attached hydrogen (secondary N) is 2. The van der Waals surface area contributed by atoms with E-state index < -0.39 is 6.10 Å². The first kappa shape index (κ1) is 21.1. The number of hydrogen-bond donors (Lipinski definition) is 3. The summed E-state index contributed by atoms with van der Waals surface area (Å²) in [4.78, 5) is 17.2. The average molecular weight is 397 g/mol. The number of fused-ring (bicyclic) bond motifs is 1. The summed E-state index contributed by atoms with van der Waals surface area (Å²) in [6.45, 7) is 10.6. The molecule has 3 rings (SSSR count). The largest absolute Gasteiger partial charge is 0.383 e. The monoisotopic (exact) mass is 396 g/mol. The van der Waals surface area contributed by atoms with Gasteiger partial charge in [0.05, 0.1) is 5.69 Å². The van der Waals surface area contributed by atoms with Gasteiger partial charge in [0.1, 0.15) is 11.8 Å². The van der Waals surface area contributed by atoms with E-state index in [-0.39, 0.29) is 11.3 Å². The van der Waals surface area contributed by atoms with Crippen LogP contribution < -0.4 is 4.90 Å². The van der Waals surface area contributed by atoms with Crippen molar-refractivity contribution in [3.8, 4) is 11.4 Å². The number of amides is 1. The maximum Gasteiger partial charge on any atom is 0.255 e. The molecule has 0 fully saturated rings. The average Bonchev–Trinajstić information content (AvgIpc) is 3.26. The number of hydrogen-bond acceptors (Lipinski definition) is 3. The molecule has 2 aromatic heterocycles. The minimum Gasteiger partial charge on any atom is -0.383 e. The number of nitrogens with zero attached hydrogens (tertiary/aromatic N) is 2. The SMILES string of the molecule is CCC(O)C(=O)N(C)c1ccc2cc(-c3n[nH]c(C)c3CCC(C)(C)C)[nH]c2c1. The fourth-order valence-corrected chi connectivity index (χ4v) is 3.46. The van der Waals surface area contributed by atoms with Gasteiger partial charge >= 0.3 is 0 Å². The summed E-state index contributed by atoms with van der Waals surface area (Å²) in [7, 11) is 1.69. The number of carbonyl (C=O) groups is 1. The van der Waals surface area contributed by atoms with Gasteiger partial charge in [0.15, 0.2) is 0 Å². The third-order valence-corrected chi connectivity index (χ3v) is 5.45. The number of anilines is 1. The van der Waals surface area contributed by atoms with E-state index in [2.05, 4.69) is 48.9 Å². The third-order valence-electron chi connectivity index (χ3n) is 5.45. The van der Waals surface area contributed by atoms with Crippen LogP contribution in [0.1, 0.15) is 51.8 Å². The second-order valence-corrected chi connectivity index (χ2v) is 9.01. The molecular formula is C23H32N4O2. The predicted octanol–water partition coefficient (Wildman–Crippen LogP) is 4.58. The van der Waals surface area contributed by atoms with Crippen molar-refractivity contribution in [2.45, 2.75) is 60.0 Å². The Bertz CT molecular complexity index is 1010. The molecule has 1 atom stereocenters. The Labute approximate surface area is 172 Å². The Hall–Kier alpha value is -2.60. The number of aliphatic hydroxyl groups excluding tert-OH is 1. The summed E-state index contributed by atoms with van der Waals surface area (Å²) in [5.41, 5.74) is 6.20. The summed E-state index contributed by atoms with van der Waals surface area (Å²) in [6.07, 6.45) is 1.46. The van der Waals surface area contributed by atoms with E-state index in [1.165, 1.54) is 10.5 Å². The number of aliphatic hydroxyl groups is 1. The van der Waals surface area contributed by atoms with Crippen LogP contribution in [-0.2, 0) is 11.2 Å². The zero-order chi connectivity index (χ0) is 21.3. The van der Waals surface area contributed by atoms with Crippen molar-refractivity contribution in [3.63, 3.8) is 0 Å². The van der Waals surface area contributed by atoms with Crippen LogP contribution in [0.4, 0.5) is 5.69 Å². The second kappa shape index (κ2) is 8.03. The standard InChI is InChI=1S/C23H32N4O2/c1-7-20(28)22(29)27(6)16-9-8-15-12-19(24-18(15)13-16)21-17(14(2)25-26-21)10-11-23(3,4)5/h8-9,12-13,20,24,28H,7,10-11H2,1-6H3,(H,25,26). The normalized spacial score (nSPS) is 13.1. The molecule has 3 aromatic rings. The minimum absolute atomic E-state index is 0.260. The number of rotatable bonds is 6. The molecule has 6 heteroatoms. The van der Waals surface area contributed by atoms with Crippen LogP contribution in [-0.4, -0.2) is 39.3 Å². The first-order chi connectivity index (χ1) is 13.6. The molecule has 1 aromatic carbocycles. The third kappa shape index (κ3) is 4.53. The van der Waals surface area contributed by atoms with E-state index in [0.29, 0.717) is 6.42 Å². The molecule has 6 nitrogen and oxygen atoms in total. The van der Waals surface area contributed by atoms with E-state index in [1.807, 2.05) is 18.2 Å². The van der Waals surface area contributed by atoms with Crippen LogP contribution in [0.2, 0.25) is 0 Å². The number of aryl methyl sites for hydroxylation is 1. The maximum atomic E-state index is 12.3. The molecule has 156 valence electrons. The molecule has 0 spiro atoms. The van der Waals surface area contributed by atoms with Crippen molar-refractivity contribution in [2.75, 3.05) is 11.9 Å². The van der Waals surface area contributed by atoms with Gasteiger partial charge in [-0.05, 0) is 49.8 Å². The predicted molar refractivity (Wildman–Crippen MR) is 118 cm³/mol. The fourth-order valence-electron chi connectivity index (χ4n) is 3.46. The fraction of sp³-hybridized carbons (Fsp3) is 0.478. The highest BCUT2D eigenvalue weighted by molar-refractivity contribution is 5.98. The number of H-pyrrole nitrogens is 2. The lowest BCUT2D eigenvalue weighted by Crippen LogP contribution is -2.35. The number of benzene rings is 1. The zero-order valence-electron chi connectivity index (χ0n) is 18.3. The Morgan fingerprint density at radius 3 is 2.66 bits per heavy atom. The van der Waals surface area contributed by atoms with Crippen LogP contribution in [0.5, 0.6) is 0 Å². The molecular weight excluding hydrogens is 364 g/mol. The van der Waals surface area contributed by atoms with Gasteiger partial charge in [0.2, 0.25) is 0 Å². The van der Waals surface area contributed by atoms with E-state index in [0.717, 1.165) is 46.5 Å². The van der Waals surface area contributed by atoms with E-state index in [9.17, 15) is 9.90 Å². The second-order valence-electron chi connectivity index (χ2n) is 9.01. The van der Waals surface area contributed by atoms with Gasteiger partial charge in [-0.15, -0.1) is 0 Å². The lowest BCUT2D eigenvalue weighted by molar-refractivity contribution is -0.126. The van der Waals surface area contributed by atoms with Gasteiger partial charge in [-0.2, -0.15) is 5.10 Å². The van der Waals surface area contributed by atoms with Crippen molar-refractivity contribution in [3.05, 3.63) is 35.5 Å². The molecule has 2 heterocycles. The Morgan fingerprint density at radius 2 is 2.00 bits per heavy atom. The molecule has 29 heavy (non-hydrogen) atoms. The van der Waals surface area contributed by atoms with Crippen LogP contribution in [0.3, 0.4) is 0 Å². The van der Waals surface area contributed by atoms with Gasteiger partial charge in [0, 0.05) is 34.9 Å². The number of aromatic amines is 2. The first-order valence-corrected chi connectivity index (χ1v) is 10.2. The topological polar surface area (TPSA) is 85.0 Å². The highest BCUT2D eigenvalue weighted by atomic mass is 16.3. The zero-order valence-corrected chi connectivity index (χ0v) is 18.3. The Kier molecular flexibility index (Phi) is 5.85. The maximum absolute atomic E-state index is 12.3. The molecule has 1 unspecified atom stereocenters. The highest BCUT2D eigenvalue weighted by Crippen LogP contribution is 2.31. The molecule has 0 radical (unpaired) electrons. The van der Waals surface area contributed by atoms with E-state index >= 15 is 0 Å². The summed E-state index contributed by atoms with van der Waals surface area (Å²) in [5.74, 6) is -0.300. The summed E-state index contributed by atoms with van der Waals surface area (Å²) in [5, 5.41) is 18.6. The van der Waals surface area contributed by atoms with E-state index in [1.54, 1.807) is 14.0 Å². The molecule has 0 aliphatic carbocycles. The summed E-state index contributed by atoms with van der Waals surface area (Å²) in [6, 6.07) is 7.92. The van der Waals surface area contributed by atoms with Gasteiger partial charge in [-0.1, -0.05) is 33.8 Å². The quantitative estimate of drug-likeness (QED) is 0.570. The van der Waals surface area contributed by atoms with Crippen LogP contribution >= 0.6 is 0 Å². The molecule has 0 aliphatic rings. The van der Waals surface area contributed by atoms with Crippen LogP contribution in [0.25, 0.3) is 22.3 Å². The Morgan fingerprint density at radius 1 is 1.28 bits per heavy atom. The van der Waals surface area contributed by atoms with Gasteiger partial charge < -0.3 is 15.0 Å². The van der Waals surface area contributed by atoms with Crippen molar-refractivity contribution < 1.29 is 9.90 Å². The van der Waals surface area contributed by atoms with Crippen molar-refractivity contribution >= 4 is 22.5 Å². The lowest BCUT2D eigenvalue weighted by atomic mass is 9.88. The summed E-state index contributed by atoms with van der Waals surface area (Å²) >= 11 is 0. The molecule has 0 saturated heterocycles. The van der Waals surface area contributed by atoms with Crippen molar-refractivity contribution in [1.29, 1.82) is 0 Å². The van der Waals surface area contributed by atoms with Crippen LogP contribution in [0.15, 0.2) is 24.3 Å².